The number of para-hydroxylation sites is 2. The summed E-state index contributed by atoms with van der Waals surface area (Å²) in [5.41, 5.74) is 15.5. The highest BCUT2D eigenvalue weighted by Gasteiger charge is 2.48. The van der Waals surface area contributed by atoms with Gasteiger partial charge in [0.25, 0.3) is 0 Å². The van der Waals surface area contributed by atoms with Gasteiger partial charge in [-0.3, -0.25) is 0 Å². The topological polar surface area (TPSA) is 21.3 Å². The molecule has 0 amide bonds. The second-order valence-electron chi connectivity index (χ2n) is 17.9. The van der Waals surface area contributed by atoms with E-state index in [0.29, 0.717) is 0 Å². The lowest BCUT2D eigenvalue weighted by Gasteiger charge is -2.46. The fourth-order valence-electron chi connectivity index (χ4n) is 11.9. The third-order valence-electron chi connectivity index (χ3n) is 14.6. The van der Waals surface area contributed by atoms with Crippen molar-refractivity contribution in [2.45, 2.75) is 15.2 Å². The maximum Gasteiger partial charge on any atom is 0.137 e. The molecule has 0 unspecified atom stereocenters. The molecule has 0 atom stereocenters. The van der Waals surface area contributed by atoms with Crippen LogP contribution in [-0.4, -0.2) is 4.57 Å². The minimum absolute atomic E-state index is 0.587. The molecule has 0 saturated heterocycles. The van der Waals surface area contributed by atoms with Crippen molar-refractivity contribution >= 4 is 94.1 Å². The summed E-state index contributed by atoms with van der Waals surface area (Å²) in [5, 5.41) is 9.67. The molecule has 3 nitrogen and oxygen atoms in total. The first kappa shape index (κ1) is 37.0. The summed E-state index contributed by atoms with van der Waals surface area (Å²) in [4.78, 5) is 5.02. The van der Waals surface area contributed by atoms with E-state index in [-0.39, 0.29) is 0 Å². The molecule has 11 aromatic carbocycles. The SMILES string of the molecule is c1ccc2c(c1)Sc1ccccc1C21c2cc(N(c3ccc4c(c3)oc3ccccc34)c3ccc4c5ccccc5n(-c5cccc6ccccc56)c4c3)ccc2-c2cccc3cccc1c23. The van der Waals surface area contributed by atoms with E-state index >= 15 is 0 Å². The molecule has 1 spiro atoms. The van der Waals surface area contributed by atoms with Crippen molar-refractivity contribution in [2.24, 2.45) is 0 Å². The Balaban J connectivity index is 1.05. The van der Waals surface area contributed by atoms with Crippen LogP contribution in [0.4, 0.5) is 17.1 Å². The lowest BCUT2D eigenvalue weighted by Crippen LogP contribution is -2.36. The highest BCUT2D eigenvalue weighted by molar-refractivity contribution is 7.99. The minimum atomic E-state index is -0.587. The standard InChI is InChI=1S/C63H38N2OS/c1-2-18-44-39(14-1)15-13-26-55(44)65-56-25-7-3-19-46(56)47-34-31-42(37-57(47)65)64(43-32-35-49-48-20-4-8-27-58(48)66-59(49)38-43)41-30-33-45-50-21-11-16-40-17-12-24-53(62(40)50)63(54(45)36-41)51-22-5-9-28-60(51)67-61-29-10-6-23-52(61)63/h1-38H. The molecule has 312 valence electrons. The molecule has 0 N–H and O–H groups in total. The monoisotopic (exact) mass is 870 g/mol. The van der Waals surface area contributed by atoms with Crippen LogP contribution >= 0.6 is 11.8 Å². The van der Waals surface area contributed by atoms with E-state index in [0.717, 1.165) is 50.2 Å². The highest BCUT2D eigenvalue weighted by Crippen LogP contribution is 2.62. The van der Waals surface area contributed by atoms with Gasteiger partial charge in [-0.15, -0.1) is 0 Å². The second-order valence-corrected chi connectivity index (χ2v) is 19.0. The van der Waals surface area contributed by atoms with Gasteiger partial charge in [-0.05, 0) is 116 Å². The van der Waals surface area contributed by atoms with Crippen LogP contribution in [0.5, 0.6) is 0 Å². The smallest absolute Gasteiger partial charge is 0.137 e. The van der Waals surface area contributed by atoms with Crippen LogP contribution in [-0.2, 0) is 5.41 Å². The van der Waals surface area contributed by atoms with Crippen LogP contribution < -0.4 is 4.90 Å². The number of hydrogen-bond donors (Lipinski definition) is 0. The van der Waals surface area contributed by atoms with E-state index in [2.05, 4.69) is 234 Å². The van der Waals surface area contributed by atoms with Crippen LogP contribution in [0.25, 0.3) is 82.1 Å². The first-order valence-corrected chi connectivity index (χ1v) is 23.8. The van der Waals surface area contributed by atoms with Gasteiger partial charge in [0, 0.05) is 59.9 Å². The zero-order chi connectivity index (χ0) is 43.8. The van der Waals surface area contributed by atoms with Gasteiger partial charge in [-0.1, -0.05) is 169 Å². The summed E-state index contributed by atoms with van der Waals surface area (Å²) in [6.07, 6.45) is 0. The summed E-state index contributed by atoms with van der Waals surface area (Å²) >= 11 is 1.88. The molecule has 3 heterocycles. The van der Waals surface area contributed by atoms with Gasteiger partial charge in [0.15, 0.2) is 0 Å². The largest absolute Gasteiger partial charge is 0.456 e. The number of fused-ring (bicyclic) bond motifs is 15. The fraction of sp³-hybridized carbons (Fsp3) is 0.0159. The minimum Gasteiger partial charge on any atom is -0.456 e. The number of rotatable bonds is 4. The third-order valence-corrected chi connectivity index (χ3v) is 15.8. The Morgan fingerprint density at radius 1 is 0.373 bits per heavy atom. The first-order valence-electron chi connectivity index (χ1n) is 23.0. The number of aromatic nitrogens is 1. The molecular formula is C63H38N2OS. The summed E-state index contributed by atoms with van der Waals surface area (Å²) in [6.45, 7) is 0. The van der Waals surface area contributed by atoms with Crippen LogP contribution in [0.15, 0.2) is 245 Å². The van der Waals surface area contributed by atoms with Crippen molar-refractivity contribution in [1.82, 2.24) is 4.57 Å². The van der Waals surface area contributed by atoms with Crippen LogP contribution in [0, 0.1) is 0 Å². The summed E-state index contributed by atoms with van der Waals surface area (Å²) < 4.78 is 9.10. The Bertz CT molecular complexity index is 4180. The summed E-state index contributed by atoms with van der Waals surface area (Å²) in [5.74, 6) is 0. The average molecular weight is 871 g/mol. The molecule has 2 aromatic heterocycles. The number of benzene rings is 11. The van der Waals surface area contributed by atoms with Gasteiger partial charge in [0.1, 0.15) is 11.2 Å². The number of furan rings is 1. The van der Waals surface area contributed by atoms with Crippen LogP contribution in [0.3, 0.4) is 0 Å². The normalized spacial score (nSPS) is 13.4. The molecule has 67 heavy (non-hydrogen) atoms. The molecular weight excluding hydrogens is 833 g/mol. The van der Waals surface area contributed by atoms with Crippen molar-refractivity contribution < 1.29 is 4.42 Å². The van der Waals surface area contributed by atoms with Gasteiger partial charge >= 0.3 is 0 Å². The van der Waals surface area contributed by atoms with Gasteiger partial charge in [0.05, 0.1) is 22.1 Å². The van der Waals surface area contributed by atoms with Gasteiger partial charge < -0.3 is 13.9 Å². The van der Waals surface area contributed by atoms with Crippen molar-refractivity contribution in [2.75, 3.05) is 4.90 Å². The van der Waals surface area contributed by atoms with Gasteiger partial charge in [-0.2, -0.15) is 0 Å². The summed E-state index contributed by atoms with van der Waals surface area (Å²) in [7, 11) is 0. The van der Waals surface area contributed by atoms with Crippen molar-refractivity contribution in [3.63, 3.8) is 0 Å². The third kappa shape index (κ3) is 5.08. The van der Waals surface area contributed by atoms with Crippen molar-refractivity contribution in [3.05, 3.63) is 253 Å². The Morgan fingerprint density at radius 3 is 1.81 bits per heavy atom. The first-order chi connectivity index (χ1) is 33.2. The molecule has 0 fully saturated rings. The zero-order valence-electron chi connectivity index (χ0n) is 36.2. The van der Waals surface area contributed by atoms with E-state index in [9.17, 15) is 0 Å². The predicted octanol–water partition coefficient (Wildman–Crippen LogP) is 17.3. The summed E-state index contributed by atoms with van der Waals surface area (Å²) in [6, 6.07) is 85.4. The maximum atomic E-state index is 6.64. The van der Waals surface area contributed by atoms with E-state index in [1.807, 2.05) is 17.8 Å². The van der Waals surface area contributed by atoms with E-state index < -0.39 is 5.41 Å². The highest BCUT2D eigenvalue weighted by atomic mass is 32.2. The second kappa shape index (κ2) is 13.9. The van der Waals surface area contributed by atoms with Gasteiger partial charge in [-0.25, -0.2) is 0 Å². The Kier molecular flexibility index (Phi) is 7.64. The molecule has 2 aliphatic rings. The Hall–Kier alpha value is -8.31. The van der Waals surface area contributed by atoms with Gasteiger partial charge in [0.2, 0.25) is 0 Å². The molecule has 1 aliphatic heterocycles. The average Bonchev–Trinajstić information content (AvgIpc) is 3.92. The molecule has 0 radical (unpaired) electrons. The molecule has 1 aliphatic carbocycles. The Morgan fingerprint density at radius 2 is 0.955 bits per heavy atom. The lowest BCUT2D eigenvalue weighted by molar-refractivity contribution is 0.669. The van der Waals surface area contributed by atoms with Crippen LogP contribution in [0.1, 0.15) is 22.3 Å². The molecule has 0 saturated carbocycles. The molecule has 4 heteroatoms. The fourth-order valence-corrected chi connectivity index (χ4v) is 13.1. The van der Waals surface area contributed by atoms with E-state index in [1.54, 1.807) is 0 Å². The predicted molar refractivity (Wildman–Crippen MR) is 279 cm³/mol. The van der Waals surface area contributed by atoms with Crippen LogP contribution in [0.2, 0.25) is 0 Å². The Labute approximate surface area is 390 Å². The number of nitrogens with zero attached hydrogens (tertiary/aromatic N) is 2. The molecule has 0 bridgehead atoms. The van der Waals surface area contributed by atoms with E-state index in [1.165, 1.54) is 81.0 Å². The maximum absolute atomic E-state index is 6.64. The van der Waals surface area contributed by atoms with E-state index in [4.69, 9.17) is 4.42 Å². The molecule has 15 rings (SSSR count). The number of anilines is 3. The van der Waals surface area contributed by atoms with Crippen molar-refractivity contribution in [1.29, 1.82) is 0 Å². The number of hydrogen-bond acceptors (Lipinski definition) is 3. The van der Waals surface area contributed by atoms with Crippen molar-refractivity contribution in [3.8, 4) is 16.8 Å². The quantitative estimate of drug-likeness (QED) is 0.176. The molecule has 13 aromatic rings. The lowest BCUT2D eigenvalue weighted by atomic mass is 9.59. The zero-order valence-corrected chi connectivity index (χ0v) is 37.0.